The summed E-state index contributed by atoms with van der Waals surface area (Å²) in [6.45, 7) is 2.65. The molecule has 0 aliphatic carbocycles. The molecule has 5 nitrogen and oxygen atoms in total. The van der Waals surface area contributed by atoms with Crippen LogP contribution in [0.4, 0.5) is 0 Å². The highest BCUT2D eigenvalue weighted by atomic mass is 16.4. The molecular weight excluding hydrogens is 340 g/mol. The van der Waals surface area contributed by atoms with Crippen molar-refractivity contribution in [3.63, 3.8) is 0 Å². The minimum Gasteiger partial charge on any atom is -0.480 e. The van der Waals surface area contributed by atoms with Gasteiger partial charge < -0.3 is 16.2 Å². The van der Waals surface area contributed by atoms with Crippen molar-refractivity contribution >= 4 is 11.9 Å². The van der Waals surface area contributed by atoms with Gasteiger partial charge in [0.1, 0.15) is 6.04 Å². The fraction of sp³-hybridized carbons (Fsp3) is 0.727. The number of aliphatic carboxylic acids is 1. The number of carbonyl (C=O) groups is 2. The summed E-state index contributed by atoms with van der Waals surface area (Å²) in [5.41, 5.74) is 5.39. The summed E-state index contributed by atoms with van der Waals surface area (Å²) in [6, 6.07) is -0.811. The molecule has 0 bridgehead atoms. The summed E-state index contributed by atoms with van der Waals surface area (Å²) >= 11 is 0. The standard InChI is InChI=1S/C22H40N2O3/c1-2-3-4-5-6-7-8-9-10-11-12-13-14-15-18-21(25)24-20(22(26)27)17-16-19-23/h5-6,8-9,20H,2-4,7,10-19,23H2,1H3,(H,24,25)(H,26,27)/b6-5-,9-8-/t20-/m0/s1. The molecule has 4 N–H and O–H groups in total. The number of carboxylic acids is 1. The van der Waals surface area contributed by atoms with E-state index in [-0.39, 0.29) is 5.91 Å². The number of rotatable bonds is 18. The molecule has 1 atom stereocenters. The van der Waals surface area contributed by atoms with Gasteiger partial charge in [0.05, 0.1) is 0 Å². The van der Waals surface area contributed by atoms with E-state index in [2.05, 4.69) is 36.5 Å². The second-order valence-corrected chi connectivity index (χ2v) is 7.02. The van der Waals surface area contributed by atoms with Crippen molar-refractivity contribution in [3.8, 4) is 0 Å². The molecule has 0 radical (unpaired) electrons. The van der Waals surface area contributed by atoms with Gasteiger partial charge in [-0.15, -0.1) is 0 Å². The zero-order valence-corrected chi connectivity index (χ0v) is 17.1. The molecule has 1 amide bonds. The number of allylic oxidation sites excluding steroid dienone is 4. The maximum Gasteiger partial charge on any atom is 0.326 e. The van der Waals surface area contributed by atoms with E-state index in [1.165, 1.54) is 32.1 Å². The maximum absolute atomic E-state index is 11.8. The number of unbranched alkanes of at least 4 members (excludes halogenated alkanes) is 7. The van der Waals surface area contributed by atoms with Crippen LogP contribution < -0.4 is 11.1 Å². The number of nitrogens with one attached hydrogen (secondary N) is 1. The Kier molecular flexibility index (Phi) is 18.0. The molecule has 0 aromatic heterocycles. The summed E-state index contributed by atoms with van der Waals surface area (Å²) in [6.07, 6.45) is 21.5. The van der Waals surface area contributed by atoms with Crippen LogP contribution in [0.1, 0.15) is 90.4 Å². The summed E-state index contributed by atoms with van der Waals surface area (Å²) in [7, 11) is 0. The second-order valence-electron chi connectivity index (χ2n) is 7.02. The zero-order valence-electron chi connectivity index (χ0n) is 17.1. The van der Waals surface area contributed by atoms with Gasteiger partial charge in [-0.2, -0.15) is 0 Å². The number of carbonyl (C=O) groups excluding carboxylic acids is 1. The van der Waals surface area contributed by atoms with Gasteiger partial charge in [-0.3, -0.25) is 4.79 Å². The monoisotopic (exact) mass is 380 g/mol. The number of hydrogen-bond donors (Lipinski definition) is 3. The van der Waals surface area contributed by atoms with Gasteiger partial charge in [0.25, 0.3) is 0 Å². The quantitative estimate of drug-likeness (QED) is 0.237. The van der Waals surface area contributed by atoms with E-state index in [9.17, 15) is 9.59 Å². The normalized spacial score (nSPS) is 12.7. The van der Waals surface area contributed by atoms with Crippen LogP contribution in [0.25, 0.3) is 0 Å². The molecule has 0 aromatic rings. The lowest BCUT2D eigenvalue weighted by molar-refractivity contribution is -0.142. The van der Waals surface area contributed by atoms with Gasteiger partial charge in [-0.25, -0.2) is 4.79 Å². The number of amides is 1. The van der Waals surface area contributed by atoms with Gasteiger partial charge in [-0.05, 0) is 51.5 Å². The third-order valence-corrected chi connectivity index (χ3v) is 4.43. The number of nitrogens with two attached hydrogens (primary N) is 1. The summed E-state index contributed by atoms with van der Waals surface area (Å²) in [4.78, 5) is 22.9. The van der Waals surface area contributed by atoms with E-state index in [0.29, 0.717) is 25.8 Å². The summed E-state index contributed by atoms with van der Waals surface area (Å²) in [5, 5.41) is 11.7. The highest BCUT2D eigenvalue weighted by Crippen LogP contribution is 2.08. The Bertz CT molecular complexity index is 433. The second kappa shape index (κ2) is 19.2. The molecule has 0 fully saturated rings. The van der Waals surface area contributed by atoms with Crippen LogP contribution in [-0.2, 0) is 9.59 Å². The Hall–Kier alpha value is -1.62. The first kappa shape index (κ1) is 25.4. The molecule has 27 heavy (non-hydrogen) atoms. The first-order valence-electron chi connectivity index (χ1n) is 10.6. The topological polar surface area (TPSA) is 92.4 Å². The first-order chi connectivity index (χ1) is 13.1. The van der Waals surface area contributed by atoms with Crippen molar-refractivity contribution in [2.45, 2.75) is 96.4 Å². The molecule has 5 heteroatoms. The Balaban J connectivity index is 3.56. The smallest absolute Gasteiger partial charge is 0.326 e. The SMILES string of the molecule is CCCC/C=C\C/C=C\CCCCCCCC(=O)N[C@@H](CCCN)C(=O)O. The van der Waals surface area contributed by atoms with Gasteiger partial charge >= 0.3 is 5.97 Å². The Morgan fingerprint density at radius 1 is 0.926 bits per heavy atom. The highest BCUT2D eigenvalue weighted by Gasteiger charge is 2.18. The van der Waals surface area contributed by atoms with E-state index < -0.39 is 12.0 Å². The predicted octanol–water partition coefficient (Wildman–Crippen LogP) is 4.72. The Labute approximate surface area is 165 Å². The van der Waals surface area contributed by atoms with E-state index >= 15 is 0 Å². The molecule has 0 aromatic carbocycles. The molecule has 0 rings (SSSR count). The van der Waals surface area contributed by atoms with Crippen molar-refractivity contribution in [3.05, 3.63) is 24.3 Å². The van der Waals surface area contributed by atoms with Crippen molar-refractivity contribution < 1.29 is 14.7 Å². The number of carboxylic acid groups (broad SMARTS) is 1. The minimum atomic E-state index is -0.985. The lowest BCUT2D eigenvalue weighted by Gasteiger charge is -2.13. The fourth-order valence-electron chi connectivity index (χ4n) is 2.75. The van der Waals surface area contributed by atoms with E-state index in [0.717, 1.165) is 32.1 Å². The van der Waals surface area contributed by atoms with Gasteiger partial charge in [-0.1, -0.05) is 63.3 Å². The Morgan fingerprint density at radius 2 is 1.56 bits per heavy atom. The lowest BCUT2D eigenvalue weighted by atomic mass is 10.1. The number of hydrogen-bond acceptors (Lipinski definition) is 3. The van der Waals surface area contributed by atoms with Crippen molar-refractivity contribution in [2.75, 3.05) is 6.54 Å². The van der Waals surface area contributed by atoms with E-state index in [1.807, 2.05) is 0 Å². The zero-order chi connectivity index (χ0) is 20.2. The highest BCUT2D eigenvalue weighted by molar-refractivity contribution is 5.83. The van der Waals surface area contributed by atoms with E-state index in [1.54, 1.807) is 0 Å². The third kappa shape index (κ3) is 17.5. The molecular formula is C22H40N2O3. The maximum atomic E-state index is 11.8. The first-order valence-corrected chi connectivity index (χ1v) is 10.6. The van der Waals surface area contributed by atoms with Crippen LogP contribution in [0.3, 0.4) is 0 Å². The average molecular weight is 381 g/mol. The van der Waals surface area contributed by atoms with Crippen LogP contribution in [0, 0.1) is 0 Å². The van der Waals surface area contributed by atoms with Crippen LogP contribution in [0.5, 0.6) is 0 Å². The predicted molar refractivity (Wildman–Crippen MR) is 113 cm³/mol. The van der Waals surface area contributed by atoms with Gasteiger partial charge in [0, 0.05) is 6.42 Å². The molecule has 0 saturated heterocycles. The Morgan fingerprint density at radius 3 is 2.19 bits per heavy atom. The van der Waals surface area contributed by atoms with Crippen LogP contribution in [0.2, 0.25) is 0 Å². The van der Waals surface area contributed by atoms with Crippen LogP contribution in [0.15, 0.2) is 24.3 Å². The molecule has 156 valence electrons. The van der Waals surface area contributed by atoms with E-state index in [4.69, 9.17) is 10.8 Å². The molecule has 0 spiro atoms. The van der Waals surface area contributed by atoms with Crippen molar-refractivity contribution in [1.29, 1.82) is 0 Å². The van der Waals surface area contributed by atoms with Gasteiger partial charge in [0.2, 0.25) is 5.91 Å². The summed E-state index contributed by atoms with van der Waals surface area (Å²) < 4.78 is 0. The molecule has 0 aliphatic heterocycles. The minimum absolute atomic E-state index is 0.172. The van der Waals surface area contributed by atoms with Crippen LogP contribution in [-0.4, -0.2) is 29.6 Å². The van der Waals surface area contributed by atoms with Crippen molar-refractivity contribution in [2.24, 2.45) is 5.73 Å². The lowest BCUT2D eigenvalue weighted by Crippen LogP contribution is -2.40. The largest absolute Gasteiger partial charge is 0.480 e. The third-order valence-electron chi connectivity index (χ3n) is 4.43. The fourth-order valence-corrected chi connectivity index (χ4v) is 2.75. The molecule has 0 heterocycles. The van der Waals surface area contributed by atoms with Crippen molar-refractivity contribution in [1.82, 2.24) is 5.32 Å². The van der Waals surface area contributed by atoms with Crippen LogP contribution >= 0.6 is 0 Å². The molecule has 0 unspecified atom stereocenters. The van der Waals surface area contributed by atoms with Gasteiger partial charge in [0.15, 0.2) is 0 Å². The average Bonchev–Trinajstić information content (AvgIpc) is 2.65. The molecule has 0 aliphatic rings. The molecule has 0 saturated carbocycles. The summed E-state index contributed by atoms with van der Waals surface area (Å²) in [5.74, 6) is -1.16.